The van der Waals surface area contributed by atoms with E-state index in [1.54, 1.807) is 0 Å². The van der Waals surface area contributed by atoms with Crippen LogP contribution in [0.1, 0.15) is 42.1 Å². The van der Waals surface area contributed by atoms with Crippen molar-refractivity contribution in [3.8, 4) is 0 Å². The smallest absolute Gasteiger partial charge is 0.239 e. The van der Waals surface area contributed by atoms with Crippen molar-refractivity contribution in [3.63, 3.8) is 0 Å². The van der Waals surface area contributed by atoms with Crippen LogP contribution in [0.4, 0.5) is 0 Å². The zero-order valence-corrected chi connectivity index (χ0v) is 15.3. The lowest BCUT2D eigenvalue weighted by atomic mass is 10.1. The van der Waals surface area contributed by atoms with Gasteiger partial charge in [0.2, 0.25) is 5.91 Å². The first-order valence-corrected chi connectivity index (χ1v) is 9.08. The van der Waals surface area contributed by atoms with Crippen molar-refractivity contribution in [3.05, 3.63) is 21.4 Å². The fourth-order valence-corrected chi connectivity index (χ4v) is 4.20. The SMILES string of the molecule is CCN1CCN(C(=O)[C@H](C)N[C@@H](C)c2cc(C)sc2C)CC1. The van der Waals surface area contributed by atoms with Crippen LogP contribution in [0, 0.1) is 13.8 Å². The Morgan fingerprint density at radius 3 is 2.41 bits per heavy atom. The highest BCUT2D eigenvalue weighted by atomic mass is 32.1. The summed E-state index contributed by atoms with van der Waals surface area (Å²) in [6.45, 7) is 15.4. The van der Waals surface area contributed by atoms with Crippen molar-refractivity contribution in [1.82, 2.24) is 15.1 Å². The molecular weight excluding hydrogens is 294 g/mol. The number of nitrogens with zero attached hydrogens (tertiary/aromatic N) is 2. The molecule has 0 spiro atoms. The van der Waals surface area contributed by atoms with Gasteiger partial charge in [-0.05, 0) is 45.9 Å². The summed E-state index contributed by atoms with van der Waals surface area (Å²) < 4.78 is 0. The van der Waals surface area contributed by atoms with Crippen molar-refractivity contribution in [1.29, 1.82) is 0 Å². The summed E-state index contributed by atoms with van der Waals surface area (Å²) in [5.74, 6) is 0.229. The standard InChI is InChI=1S/C17H29N3OS/c1-6-19-7-9-20(10-8-19)17(21)14(4)18-13(3)16-11-12(2)22-15(16)5/h11,13-14,18H,6-10H2,1-5H3/t13-,14-/m0/s1. The van der Waals surface area contributed by atoms with Crippen LogP contribution in [0.25, 0.3) is 0 Å². The van der Waals surface area contributed by atoms with Crippen LogP contribution >= 0.6 is 11.3 Å². The Morgan fingerprint density at radius 1 is 1.27 bits per heavy atom. The first-order chi connectivity index (χ1) is 10.4. The molecule has 0 bridgehead atoms. The highest BCUT2D eigenvalue weighted by Gasteiger charge is 2.25. The topological polar surface area (TPSA) is 35.6 Å². The number of likely N-dealkylation sites (N-methyl/N-ethyl adjacent to an activating group) is 1. The van der Waals surface area contributed by atoms with Crippen LogP contribution < -0.4 is 5.32 Å². The van der Waals surface area contributed by atoms with E-state index in [9.17, 15) is 4.79 Å². The maximum atomic E-state index is 12.6. The summed E-state index contributed by atoms with van der Waals surface area (Å²) in [6.07, 6.45) is 0. The van der Waals surface area contributed by atoms with Crippen LogP contribution in [0.15, 0.2) is 6.07 Å². The molecule has 0 saturated carbocycles. The number of aryl methyl sites for hydroxylation is 2. The van der Waals surface area contributed by atoms with Crippen LogP contribution in [0.2, 0.25) is 0 Å². The van der Waals surface area contributed by atoms with Gasteiger partial charge in [-0.2, -0.15) is 0 Å². The van der Waals surface area contributed by atoms with Gasteiger partial charge in [0.25, 0.3) is 0 Å². The van der Waals surface area contributed by atoms with Gasteiger partial charge in [0.15, 0.2) is 0 Å². The molecule has 2 atom stereocenters. The van der Waals surface area contributed by atoms with Gasteiger partial charge in [-0.3, -0.25) is 10.1 Å². The Labute approximate surface area is 138 Å². The van der Waals surface area contributed by atoms with Crippen LogP contribution in [-0.2, 0) is 4.79 Å². The predicted octanol–water partition coefficient (Wildman–Crippen LogP) is 2.57. The molecule has 2 rings (SSSR count). The number of thiophene rings is 1. The fourth-order valence-electron chi connectivity index (χ4n) is 3.17. The van der Waals surface area contributed by atoms with E-state index in [4.69, 9.17) is 0 Å². The van der Waals surface area contributed by atoms with E-state index < -0.39 is 0 Å². The minimum atomic E-state index is -0.136. The van der Waals surface area contributed by atoms with Crippen molar-refractivity contribution < 1.29 is 4.79 Å². The zero-order valence-electron chi connectivity index (χ0n) is 14.5. The summed E-state index contributed by atoms with van der Waals surface area (Å²) in [7, 11) is 0. The van der Waals surface area contributed by atoms with Gasteiger partial charge < -0.3 is 9.80 Å². The van der Waals surface area contributed by atoms with Gasteiger partial charge in [0.05, 0.1) is 6.04 Å². The van der Waals surface area contributed by atoms with Crippen molar-refractivity contribution in [2.75, 3.05) is 32.7 Å². The van der Waals surface area contributed by atoms with Gasteiger partial charge in [0.1, 0.15) is 0 Å². The minimum absolute atomic E-state index is 0.136. The third kappa shape index (κ3) is 4.09. The molecule has 1 aromatic rings. The summed E-state index contributed by atoms with van der Waals surface area (Å²) in [4.78, 5) is 19.7. The molecule has 1 N–H and O–H groups in total. The third-order valence-corrected chi connectivity index (χ3v) is 5.53. The van der Waals surface area contributed by atoms with Crippen LogP contribution in [-0.4, -0.2) is 54.5 Å². The Morgan fingerprint density at radius 2 is 1.91 bits per heavy atom. The fraction of sp³-hybridized carbons (Fsp3) is 0.706. The van der Waals surface area contributed by atoms with Crippen molar-refractivity contribution >= 4 is 17.2 Å². The minimum Gasteiger partial charge on any atom is -0.339 e. The average Bonchev–Trinajstić information content (AvgIpc) is 2.85. The van der Waals surface area contributed by atoms with E-state index in [0.29, 0.717) is 0 Å². The molecule has 1 aliphatic heterocycles. The quantitative estimate of drug-likeness (QED) is 0.904. The summed E-state index contributed by atoms with van der Waals surface area (Å²) in [5.41, 5.74) is 1.32. The van der Waals surface area contributed by atoms with E-state index in [-0.39, 0.29) is 18.0 Å². The monoisotopic (exact) mass is 323 g/mol. The number of carbonyl (C=O) groups is 1. The number of hydrogen-bond acceptors (Lipinski definition) is 4. The molecule has 1 fully saturated rings. The second-order valence-corrected chi connectivity index (χ2v) is 7.70. The molecule has 1 amide bonds. The second kappa shape index (κ2) is 7.57. The Kier molecular flexibility index (Phi) is 6.01. The zero-order chi connectivity index (χ0) is 16.3. The Balaban J connectivity index is 1.90. The maximum absolute atomic E-state index is 12.6. The largest absolute Gasteiger partial charge is 0.339 e. The summed E-state index contributed by atoms with van der Waals surface area (Å²) >= 11 is 1.82. The van der Waals surface area contributed by atoms with Crippen molar-refractivity contribution in [2.45, 2.75) is 46.7 Å². The second-order valence-electron chi connectivity index (χ2n) is 6.24. The third-order valence-electron chi connectivity index (χ3n) is 4.55. The Hall–Kier alpha value is -0.910. The van der Waals surface area contributed by atoms with Gasteiger partial charge in [-0.25, -0.2) is 0 Å². The molecule has 124 valence electrons. The average molecular weight is 324 g/mol. The van der Waals surface area contributed by atoms with Crippen LogP contribution in [0.5, 0.6) is 0 Å². The number of carbonyl (C=O) groups excluding carboxylic acids is 1. The van der Waals surface area contributed by atoms with E-state index in [2.05, 4.69) is 44.0 Å². The normalized spacial score (nSPS) is 19.2. The number of amides is 1. The van der Waals surface area contributed by atoms with Gasteiger partial charge >= 0.3 is 0 Å². The number of hydrogen-bond donors (Lipinski definition) is 1. The van der Waals surface area contributed by atoms with E-state index in [0.717, 1.165) is 32.7 Å². The number of nitrogens with one attached hydrogen (secondary N) is 1. The van der Waals surface area contributed by atoms with Crippen LogP contribution in [0.3, 0.4) is 0 Å². The van der Waals surface area contributed by atoms with Gasteiger partial charge in [0, 0.05) is 42.0 Å². The molecule has 1 aromatic heterocycles. The molecule has 4 nitrogen and oxygen atoms in total. The molecule has 0 unspecified atom stereocenters. The number of rotatable bonds is 5. The molecule has 1 aliphatic rings. The highest BCUT2D eigenvalue weighted by Crippen LogP contribution is 2.26. The summed E-state index contributed by atoms with van der Waals surface area (Å²) in [5, 5.41) is 3.47. The van der Waals surface area contributed by atoms with E-state index >= 15 is 0 Å². The molecular formula is C17H29N3OS. The lowest BCUT2D eigenvalue weighted by Crippen LogP contribution is -2.53. The maximum Gasteiger partial charge on any atom is 0.239 e. The lowest BCUT2D eigenvalue weighted by molar-refractivity contribution is -0.135. The molecule has 1 saturated heterocycles. The molecule has 0 aliphatic carbocycles. The predicted molar refractivity (Wildman–Crippen MR) is 93.5 cm³/mol. The summed E-state index contributed by atoms with van der Waals surface area (Å²) in [6, 6.07) is 2.30. The van der Waals surface area contributed by atoms with E-state index in [1.807, 2.05) is 23.2 Å². The van der Waals surface area contributed by atoms with Gasteiger partial charge in [-0.15, -0.1) is 11.3 Å². The lowest BCUT2D eigenvalue weighted by Gasteiger charge is -2.36. The molecule has 2 heterocycles. The first-order valence-electron chi connectivity index (χ1n) is 8.26. The van der Waals surface area contributed by atoms with Crippen molar-refractivity contribution in [2.24, 2.45) is 0 Å². The Bertz CT molecular complexity index is 506. The molecule has 5 heteroatoms. The molecule has 22 heavy (non-hydrogen) atoms. The first kappa shape index (κ1) is 17.4. The number of piperazine rings is 1. The van der Waals surface area contributed by atoms with Gasteiger partial charge in [-0.1, -0.05) is 6.92 Å². The molecule has 0 aromatic carbocycles. The molecule has 0 radical (unpaired) electrons. The highest BCUT2D eigenvalue weighted by molar-refractivity contribution is 7.12. The van der Waals surface area contributed by atoms with E-state index in [1.165, 1.54) is 15.3 Å².